The van der Waals surface area contributed by atoms with Crippen LogP contribution in [0, 0.1) is 0 Å². The summed E-state index contributed by atoms with van der Waals surface area (Å²) in [5.41, 5.74) is 4.04. The topological polar surface area (TPSA) is 0 Å². The summed E-state index contributed by atoms with van der Waals surface area (Å²) in [5, 5.41) is 0. The molecule has 80 valence electrons. The summed E-state index contributed by atoms with van der Waals surface area (Å²) in [6, 6.07) is 8.86. The van der Waals surface area contributed by atoms with Crippen LogP contribution in [0.25, 0.3) is 0 Å². The Hall–Kier alpha value is -1.30. The first-order chi connectivity index (χ1) is 7.17. The van der Waals surface area contributed by atoms with E-state index in [1.807, 2.05) is 6.08 Å². The standard InChI is InChI=1S/C15H20/c1-5-13(6-2)11-14-7-9-15(10-8-14)12(3)4/h5-10,12H,1,11H2,2-4H3/b13-6+. The number of rotatable bonds is 4. The predicted octanol–water partition coefficient (Wildman–Crippen LogP) is 4.48. The quantitative estimate of drug-likeness (QED) is 0.628. The third-order valence-corrected chi connectivity index (χ3v) is 2.69. The molecule has 0 unspecified atom stereocenters. The van der Waals surface area contributed by atoms with Gasteiger partial charge in [-0.25, -0.2) is 0 Å². The van der Waals surface area contributed by atoms with Gasteiger partial charge in [-0.05, 0) is 36.0 Å². The second-order valence-corrected chi connectivity index (χ2v) is 4.14. The molecule has 0 fully saturated rings. The normalized spacial score (nSPS) is 11.9. The van der Waals surface area contributed by atoms with Crippen LogP contribution in [0.5, 0.6) is 0 Å². The maximum absolute atomic E-state index is 3.81. The van der Waals surface area contributed by atoms with Crippen molar-refractivity contribution in [3.05, 3.63) is 59.7 Å². The number of benzene rings is 1. The van der Waals surface area contributed by atoms with Gasteiger partial charge in [0.05, 0.1) is 0 Å². The average Bonchev–Trinajstić information content (AvgIpc) is 2.26. The Morgan fingerprint density at radius 3 is 2.27 bits per heavy atom. The van der Waals surface area contributed by atoms with Gasteiger partial charge in [0.1, 0.15) is 0 Å². The van der Waals surface area contributed by atoms with E-state index in [4.69, 9.17) is 0 Å². The zero-order valence-corrected chi connectivity index (χ0v) is 9.96. The molecule has 0 atom stereocenters. The third kappa shape index (κ3) is 3.39. The second-order valence-electron chi connectivity index (χ2n) is 4.14. The van der Waals surface area contributed by atoms with Crippen molar-refractivity contribution < 1.29 is 0 Å². The number of hydrogen-bond acceptors (Lipinski definition) is 0. The van der Waals surface area contributed by atoms with Crippen molar-refractivity contribution in [2.75, 3.05) is 0 Å². The van der Waals surface area contributed by atoms with E-state index >= 15 is 0 Å². The van der Waals surface area contributed by atoms with Crippen LogP contribution in [-0.4, -0.2) is 0 Å². The molecule has 0 bridgehead atoms. The Morgan fingerprint density at radius 1 is 1.27 bits per heavy atom. The Bertz CT molecular complexity index is 339. The first-order valence-electron chi connectivity index (χ1n) is 5.53. The van der Waals surface area contributed by atoms with E-state index in [1.165, 1.54) is 16.7 Å². The Labute approximate surface area is 93.3 Å². The van der Waals surface area contributed by atoms with Crippen LogP contribution in [0.4, 0.5) is 0 Å². The van der Waals surface area contributed by atoms with Gasteiger partial charge < -0.3 is 0 Å². The highest BCUT2D eigenvalue weighted by atomic mass is 14.0. The van der Waals surface area contributed by atoms with Gasteiger partial charge >= 0.3 is 0 Å². The van der Waals surface area contributed by atoms with Gasteiger partial charge in [-0.15, -0.1) is 0 Å². The molecule has 0 spiro atoms. The minimum atomic E-state index is 0.611. The fraction of sp³-hybridized carbons (Fsp3) is 0.333. The SMILES string of the molecule is C=C/C(=C\C)Cc1ccc(C(C)C)cc1. The fourth-order valence-corrected chi connectivity index (χ4v) is 1.55. The second kappa shape index (κ2) is 5.55. The first-order valence-corrected chi connectivity index (χ1v) is 5.53. The lowest BCUT2D eigenvalue weighted by Gasteiger charge is -2.07. The number of allylic oxidation sites excluding steroid dienone is 3. The van der Waals surface area contributed by atoms with Gasteiger partial charge in [-0.1, -0.05) is 56.8 Å². The molecule has 0 aliphatic carbocycles. The van der Waals surface area contributed by atoms with Gasteiger partial charge in [0.25, 0.3) is 0 Å². The average molecular weight is 200 g/mol. The van der Waals surface area contributed by atoms with Crippen LogP contribution in [-0.2, 0) is 6.42 Å². The molecule has 1 rings (SSSR count). The van der Waals surface area contributed by atoms with E-state index in [9.17, 15) is 0 Å². The molecule has 0 aliphatic rings. The van der Waals surface area contributed by atoms with Gasteiger partial charge in [0.2, 0.25) is 0 Å². The Balaban J connectivity index is 2.76. The summed E-state index contributed by atoms with van der Waals surface area (Å²) in [6.07, 6.45) is 5.03. The summed E-state index contributed by atoms with van der Waals surface area (Å²) in [6.45, 7) is 10.3. The van der Waals surface area contributed by atoms with Gasteiger partial charge in [-0.3, -0.25) is 0 Å². The lowest BCUT2D eigenvalue weighted by atomic mass is 9.99. The van der Waals surface area contributed by atoms with Gasteiger partial charge in [0.15, 0.2) is 0 Å². The van der Waals surface area contributed by atoms with Gasteiger partial charge in [-0.2, -0.15) is 0 Å². The van der Waals surface area contributed by atoms with Crippen molar-refractivity contribution in [3.8, 4) is 0 Å². The molecule has 1 aromatic carbocycles. The molecule has 0 aliphatic heterocycles. The third-order valence-electron chi connectivity index (χ3n) is 2.69. The zero-order chi connectivity index (χ0) is 11.3. The maximum atomic E-state index is 3.81. The molecular weight excluding hydrogens is 180 g/mol. The van der Waals surface area contributed by atoms with E-state index in [1.54, 1.807) is 0 Å². The highest BCUT2D eigenvalue weighted by molar-refractivity contribution is 5.30. The molecule has 0 nitrogen and oxygen atoms in total. The summed E-state index contributed by atoms with van der Waals surface area (Å²) >= 11 is 0. The monoisotopic (exact) mass is 200 g/mol. The first kappa shape index (κ1) is 11.8. The summed E-state index contributed by atoms with van der Waals surface area (Å²) in [7, 11) is 0. The van der Waals surface area contributed by atoms with Crippen LogP contribution in [0.1, 0.15) is 37.8 Å². The van der Waals surface area contributed by atoms with Crippen LogP contribution >= 0.6 is 0 Å². The molecule has 0 amide bonds. The zero-order valence-electron chi connectivity index (χ0n) is 9.96. The van der Waals surface area contributed by atoms with Crippen molar-refractivity contribution >= 4 is 0 Å². The van der Waals surface area contributed by atoms with Crippen LogP contribution < -0.4 is 0 Å². The van der Waals surface area contributed by atoms with E-state index in [0.717, 1.165) is 6.42 Å². The Morgan fingerprint density at radius 2 is 1.87 bits per heavy atom. The largest absolute Gasteiger partial charge is 0.0988 e. The number of hydrogen-bond donors (Lipinski definition) is 0. The van der Waals surface area contributed by atoms with Crippen molar-refractivity contribution in [1.29, 1.82) is 0 Å². The highest BCUT2D eigenvalue weighted by Gasteiger charge is 1.99. The molecule has 0 saturated heterocycles. The smallest absolute Gasteiger partial charge is 0.00293 e. The lowest BCUT2D eigenvalue weighted by Crippen LogP contribution is -1.90. The summed E-state index contributed by atoms with van der Waals surface area (Å²) < 4.78 is 0. The Kier molecular flexibility index (Phi) is 4.36. The van der Waals surface area contributed by atoms with Crippen LogP contribution in [0.15, 0.2) is 48.6 Å². The minimum Gasteiger partial charge on any atom is -0.0988 e. The van der Waals surface area contributed by atoms with E-state index < -0.39 is 0 Å². The molecule has 15 heavy (non-hydrogen) atoms. The molecule has 0 heterocycles. The van der Waals surface area contributed by atoms with E-state index in [-0.39, 0.29) is 0 Å². The highest BCUT2D eigenvalue weighted by Crippen LogP contribution is 2.16. The summed E-state index contributed by atoms with van der Waals surface area (Å²) in [4.78, 5) is 0. The predicted molar refractivity (Wildman–Crippen MR) is 68.2 cm³/mol. The fourth-order valence-electron chi connectivity index (χ4n) is 1.55. The minimum absolute atomic E-state index is 0.611. The van der Waals surface area contributed by atoms with Gasteiger partial charge in [0, 0.05) is 0 Å². The molecular formula is C15H20. The molecule has 0 aromatic heterocycles. The van der Waals surface area contributed by atoms with E-state index in [2.05, 4.69) is 57.7 Å². The maximum Gasteiger partial charge on any atom is -0.00293 e. The van der Waals surface area contributed by atoms with Crippen molar-refractivity contribution in [2.45, 2.75) is 33.1 Å². The van der Waals surface area contributed by atoms with Crippen LogP contribution in [0.2, 0.25) is 0 Å². The molecule has 0 saturated carbocycles. The summed E-state index contributed by atoms with van der Waals surface area (Å²) in [5.74, 6) is 0.611. The molecule has 0 radical (unpaired) electrons. The van der Waals surface area contributed by atoms with E-state index in [0.29, 0.717) is 5.92 Å². The molecule has 1 aromatic rings. The van der Waals surface area contributed by atoms with Crippen molar-refractivity contribution in [1.82, 2.24) is 0 Å². The molecule has 0 N–H and O–H groups in total. The van der Waals surface area contributed by atoms with Crippen LogP contribution in [0.3, 0.4) is 0 Å². The lowest BCUT2D eigenvalue weighted by molar-refractivity contribution is 0.865. The molecule has 0 heteroatoms. The van der Waals surface area contributed by atoms with Crippen molar-refractivity contribution in [3.63, 3.8) is 0 Å². The van der Waals surface area contributed by atoms with Crippen molar-refractivity contribution in [2.24, 2.45) is 0 Å².